The number of hydrogen-bond donors (Lipinski definition) is 1. The molecule has 4 nitrogen and oxygen atoms in total. The number of amides is 2. The summed E-state index contributed by atoms with van der Waals surface area (Å²) in [6, 6.07) is 18.6. The van der Waals surface area contributed by atoms with Gasteiger partial charge in [-0.25, -0.2) is 9.29 Å². The van der Waals surface area contributed by atoms with Crippen LogP contribution in [0.1, 0.15) is 0 Å². The van der Waals surface area contributed by atoms with Crippen LogP contribution in [-0.4, -0.2) is 11.8 Å². The van der Waals surface area contributed by atoms with Crippen LogP contribution < -0.4 is 10.2 Å². The second-order valence-electron chi connectivity index (χ2n) is 5.74. The number of hydrogen-bond acceptors (Lipinski definition) is 3. The Balaban J connectivity index is 1.76. The maximum Gasteiger partial charge on any atom is 0.283 e. The van der Waals surface area contributed by atoms with Crippen molar-refractivity contribution in [1.29, 1.82) is 0 Å². The highest BCUT2D eigenvalue weighted by Gasteiger charge is 2.39. The van der Waals surface area contributed by atoms with Gasteiger partial charge in [0, 0.05) is 5.39 Å². The summed E-state index contributed by atoms with van der Waals surface area (Å²) in [4.78, 5) is 26.5. The molecule has 3 aromatic rings. The summed E-state index contributed by atoms with van der Waals surface area (Å²) < 4.78 is 13.9. The summed E-state index contributed by atoms with van der Waals surface area (Å²) in [6.07, 6.45) is 0. The van der Waals surface area contributed by atoms with Gasteiger partial charge >= 0.3 is 0 Å². The summed E-state index contributed by atoms with van der Waals surface area (Å²) in [5.41, 5.74) is 0.359. The molecule has 0 aromatic heterocycles. The minimum Gasteiger partial charge on any atom is -0.347 e. The lowest BCUT2D eigenvalue weighted by Gasteiger charge is -2.17. The molecule has 2 amide bonds. The number of nitrogens with zero attached hydrogens (tertiary/aromatic N) is 1. The molecule has 26 heavy (non-hydrogen) atoms. The van der Waals surface area contributed by atoms with E-state index in [9.17, 15) is 14.0 Å². The van der Waals surface area contributed by atoms with E-state index < -0.39 is 17.6 Å². The standard InChI is InChI=1S/C20H12ClFN2O2/c21-17-18(23-15-10-4-3-9-14(15)22)20(26)24(19(17)25)16-11-5-7-12-6-1-2-8-13(12)16/h1-11,23H. The monoisotopic (exact) mass is 366 g/mol. The van der Waals surface area contributed by atoms with Crippen molar-refractivity contribution in [2.45, 2.75) is 0 Å². The maximum absolute atomic E-state index is 13.9. The minimum absolute atomic E-state index is 0.0709. The van der Waals surface area contributed by atoms with Crippen molar-refractivity contribution in [2.24, 2.45) is 0 Å². The second kappa shape index (κ2) is 6.28. The first-order valence-electron chi connectivity index (χ1n) is 7.86. The highest BCUT2D eigenvalue weighted by molar-refractivity contribution is 6.53. The fourth-order valence-electron chi connectivity index (χ4n) is 2.93. The Morgan fingerprint density at radius 3 is 2.35 bits per heavy atom. The van der Waals surface area contributed by atoms with Gasteiger partial charge in [0.2, 0.25) is 0 Å². The van der Waals surface area contributed by atoms with Gasteiger partial charge in [-0.2, -0.15) is 0 Å². The predicted molar refractivity (Wildman–Crippen MR) is 99.3 cm³/mol. The van der Waals surface area contributed by atoms with Crippen LogP contribution in [0.25, 0.3) is 10.8 Å². The molecule has 0 aliphatic carbocycles. The molecule has 0 saturated heterocycles. The second-order valence-corrected chi connectivity index (χ2v) is 6.12. The molecule has 0 saturated carbocycles. The number of carbonyl (C=O) groups excluding carboxylic acids is 2. The van der Waals surface area contributed by atoms with Crippen LogP contribution in [0, 0.1) is 5.82 Å². The molecule has 6 heteroatoms. The van der Waals surface area contributed by atoms with E-state index in [1.54, 1.807) is 18.2 Å². The van der Waals surface area contributed by atoms with Crippen LogP contribution in [0.5, 0.6) is 0 Å². The van der Waals surface area contributed by atoms with Crippen molar-refractivity contribution in [3.8, 4) is 0 Å². The average molecular weight is 367 g/mol. The normalized spacial score (nSPS) is 14.5. The van der Waals surface area contributed by atoms with E-state index in [1.165, 1.54) is 18.2 Å². The number of imide groups is 1. The van der Waals surface area contributed by atoms with E-state index in [1.807, 2.05) is 30.3 Å². The number of carbonyl (C=O) groups is 2. The van der Waals surface area contributed by atoms with Crippen molar-refractivity contribution in [3.05, 3.63) is 83.3 Å². The Hall–Kier alpha value is -3.18. The first-order valence-corrected chi connectivity index (χ1v) is 8.23. The highest BCUT2D eigenvalue weighted by atomic mass is 35.5. The summed E-state index contributed by atoms with van der Waals surface area (Å²) in [7, 11) is 0. The third kappa shape index (κ3) is 2.53. The van der Waals surface area contributed by atoms with Gasteiger partial charge in [0.15, 0.2) is 0 Å². The van der Waals surface area contributed by atoms with E-state index in [4.69, 9.17) is 11.6 Å². The van der Waals surface area contributed by atoms with Crippen molar-refractivity contribution in [1.82, 2.24) is 0 Å². The van der Waals surface area contributed by atoms with Gasteiger partial charge in [-0.1, -0.05) is 60.1 Å². The molecular weight excluding hydrogens is 355 g/mol. The topological polar surface area (TPSA) is 49.4 Å². The van der Waals surface area contributed by atoms with Gasteiger partial charge in [-0.05, 0) is 23.6 Å². The molecular formula is C20H12ClFN2O2. The van der Waals surface area contributed by atoms with Crippen molar-refractivity contribution >= 4 is 45.6 Å². The Bertz CT molecular complexity index is 1090. The van der Waals surface area contributed by atoms with Gasteiger partial charge in [-0.3, -0.25) is 9.59 Å². The average Bonchev–Trinajstić information content (AvgIpc) is 2.86. The third-order valence-electron chi connectivity index (χ3n) is 4.17. The molecule has 0 bridgehead atoms. The minimum atomic E-state index is -0.646. The molecule has 128 valence electrons. The maximum atomic E-state index is 13.9. The van der Waals surface area contributed by atoms with Crippen LogP contribution in [0.2, 0.25) is 0 Å². The van der Waals surface area contributed by atoms with Gasteiger partial charge in [0.25, 0.3) is 11.8 Å². The van der Waals surface area contributed by atoms with Crippen molar-refractivity contribution in [2.75, 3.05) is 10.2 Å². The zero-order valence-electron chi connectivity index (χ0n) is 13.4. The summed E-state index contributed by atoms with van der Waals surface area (Å²) in [6.45, 7) is 0. The van der Waals surface area contributed by atoms with Crippen LogP contribution in [-0.2, 0) is 9.59 Å². The summed E-state index contributed by atoms with van der Waals surface area (Å²) in [5, 5.41) is 4.01. The SMILES string of the molecule is O=C1C(Cl)=C(Nc2ccccc2F)C(=O)N1c1cccc2ccccc12. The Morgan fingerprint density at radius 2 is 1.54 bits per heavy atom. The number of fused-ring (bicyclic) bond motifs is 1. The summed E-state index contributed by atoms with van der Waals surface area (Å²) in [5.74, 6) is -1.82. The molecule has 4 rings (SSSR count). The quantitative estimate of drug-likeness (QED) is 0.698. The Morgan fingerprint density at radius 1 is 0.846 bits per heavy atom. The lowest BCUT2D eigenvalue weighted by molar-refractivity contribution is -0.120. The van der Waals surface area contributed by atoms with Crippen LogP contribution in [0.15, 0.2) is 77.5 Å². The molecule has 0 atom stereocenters. The van der Waals surface area contributed by atoms with Gasteiger partial charge in [0.1, 0.15) is 16.5 Å². The fourth-order valence-corrected chi connectivity index (χ4v) is 3.14. The fraction of sp³-hybridized carbons (Fsp3) is 0. The molecule has 1 N–H and O–H groups in total. The highest BCUT2D eigenvalue weighted by Crippen LogP contribution is 2.34. The van der Waals surface area contributed by atoms with Gasteiger partial charge in [-0.15, -0.1) is 0 Å². The number of rotatable bonds is 3. The smallest absolute Gasteiger partial charge is 0.283 e. The molecule has 1 heterocycles. The molecule has 3 aromatic carbocycles. The van der Waals surface area contributed by atoms with Gasteiger partial charge in [0.05, 0.1) is 11.4 Å². The Labute approximate surface area is 153 Å². The largest absolute Gasteiger partial charge is 0.347 e. The van der Waals surface area contributed by atoms with E-state index in [2.05, 4.69) is 5.32 Å². The van der Waals surface area contributed by atoms with Crippen LogP contribution in [0.4, 0.5) is 15.8 Å². The molecule has 0 spiro atoms. The first-order chi connectivity index (χ1) is 12.6. The van der Waals surface area contributed by atoms with Crippen LogP contribution >= 0.6 is 11.6 Å². The lowest BCUT2D eigenvalue weighted by Crippen LogP contribution is -2.32. The zero-order chi connectivity index (χ0) is 18.3. The van der Waals surface area contributed by atoms with Gasteiger partial charge < -0.3 is 5.32 Å². The number of anilines is 2. The van der Waals surface area contributed by atoms with Crippen molar-refractivity contribution in [3.63, 3.8) is 0 Å². The molecule has 1 aliphatic rings. The number of para-hydroxylation sites is 1. The number of benzene rings is 3. The summed E-state index contributed by atoms with van der Waals surface area (Å²) >= 11 is 6.10. The lowest BCUT2D eigenvalue weighted by atomic mass is 10.1. The third-order valence-corrected chi connectivity index (χ3v) is 4.52. The van der Waals surface area contributed by atoms with E-state index in [0.29, 0.717) is 5.69 Å². The van der Waals surface area contributed by atoms with E-state index in [-0.39, 0.29) is 16.4 Å². The van der Waals surface area contributed by atoms with Crippen LogP contribution in [0.3, 0.4) is 0 Å². The number of nitrogens with one attached hydrogen (secondary N) is 1. The van der Waals surface area contributed by atoms with E-state index in [0.717, 1.165) is 15.7 Å². The zero-order valence-corrected chi connectivity index (χ0v) is 14.1. The molecule has 1 aliphatic heterocycles. The first kappa shape index (κ1) is 16.3. The predicted octanol–water partition coefficient (Wildman–Crippen LogP) is 4.41. The number of halogens is 2. The molecule has 0 fully saturated rings. The Kier molecular flexibility index (Phi) is 3.93. The molecule has 0 radical (unpaired) electrons. The van der Waals surface area contributed by atoms with E-state index >= 15 is 0 Å². The molecule has 0 unspecified atom stereocenters. The van der Waals surface area contributed by atoms with Crippen molar-refractivity contribution < 1.29 is 14.0 Å².